The highest BCUT2D eigenvalue weighted by atomic mass is 79.9. The Hall–Kier alpha value is -2.25. The molecule has 0 amide bonds. The number of nitrogens with zero attached hydrogens (tertiary/aromatic N) is 5. The van der Waals surface area contributed by atoms with E-state index in [2.05, 4.69) is 48.3 Å². The van der Waals surface area contributed by atoms with E-state index < -0.39 is 0 Å². The molecule has 0 aliphatic rings. The third kappa shape index (κ3) is 3.18. The molecule has 0 aliphatic heterocycles. The number of hydrogen-bond donors (Lipinski definition) is 0. The Labute approximate surface area is 151 Å². The van der Waals surface area contributed by atoms with E-state index >= 15 is 0 Å². The fourth-order valence-corrected chi connectivity index (χ4v) is 3.34. The van der Waals surface area contributed by atoms with Crippen LogP contribution in [0.3, 0.4) is 0 Å². The largest absolute Gasteiger partial charge is 0.265 e. The quantitative estimate of drug-likeness (QED) is 0.482. The molecule has 0 aliphatic carbocycles. The Bertz CT molecular complexity index is 969. The van der Waals surface area contributed by atoms with Crippen LogP contribution >= 0.6 is 27.7 Å². The van der Waals surface area contributed by atoms with Gasteiger partial charge in [0.15, 0.2) is 11.5 Å². The van der Waals surface area contributed by atoms with Crippen LogP contribution in [0.15, 0.2) is 70.4 Å². The second-order valence-electron chi connectivity index (χ2n) is 5.12. The molecule has 0 N–H and O–H groups in total. The van der Waals surface area contributed by atoms with Crippen LogP contribution in [0.1, 0.15) is 5.56 Å². The number of hydrogen-bond acceptors (Lipinski definition) is 5. The van der Waals surface area contributed by atoms with Gasteiger partial charge in [0, 0.05) is 28.2 Å². The first-order chi connectivity index (χ1) is 11.8. The predicted molar refractivity (Wildman–Crippen MR) is 97.7 cm³/mol. The molecule has 0 spiro atoms. The fourth-order valence-electron chi connectivity index (χ4n) is 2.27. The van der Waals surface area contributed by atoms with E-state index in [4.69, 9.17) is 0 Å². The highest BCUT2D eigenvalue weighted by Gasteiger charge is 2.10. The van der Waals surface area contributed by atoms with Crippen molar-refractivity contribution in [3.63, 3.8) is 0 Å². The summed E-state index contributed by atoms with van der Waals surface area (Å²) in [6.07, 6.45) is 3.48. The Kier molecular flexibility index (Phi) is 4.27. The number of rotatable bonds is 4. The lowest BCUT2D eigenvalue weighted by Crippen LogP contribution is -1.96. The lowest BCUT2D eigenvalue weighted by Gasteiger charge is -2.03. The maximum Gasteiger partial charge on any atom is 0.185 e. The molecule has 3 heterocycles. The van der Waals surface area contributed by atoms with Gasteiger partial charge >= 0.3 is 0 Å². The maximum absolute atomic E-state index is 4.67. The molecule has 0 saturated heterocycles. The maximum atomic E-state index is 4.67. The van der Waals surface area contributed by atoms with Gasteiger partial charge in [-0.05, 0) is 42.0 Å². The first-order valence-electron chi connectivity index (χ1n) is 7.30. The van der Waals surface area contributed by atoms with Crippen LogP contribution in [0, 0.1) is 0 Å². The zero-order valence-electron chi connectivity index (χ0n) is 12.5. The van der Waals surface area contributed by atoms with Crippen molar-refractivity contribution < 1.29 is 0 Å². The lowest BCUT2D eigenvalue weighted by molar-refractivity contribution is 0.860. The van der Waals surface area contributed by atoms with Gasteiger partial charge in [-0.25, -0.2) is 0 Å². The van der Waals surface area contributed by atoms with Gasteiger partial charge < -0.3 is 0 Å². The van der Waals surface area contributed by atoms with Crippen LogP contribution in [0.5, 0.6) is 0 Å². The monoisotopic (exact) mass is 397 g/mol. The summed E-state index contributed by atoms with van der Waals surface area (Å²) >= 11 is 5.14. The Morgan fingerprint density at radius 2 is 1.71 bits per heavy atom. The Balaban J connectivity index is 1.61. The minimum absolute atomic E-state index is 0.721. The van der Waals surface area contributed by atoms with Crippen LogP contribution in [0.2, 0.25) is 0 Å². The van der Waals surface area contributed by atoms with E-state index in [9.17, 15) is 0 Å². The average molecular weight is 398 g/mol. The molecule has 0 fully saturated rings. The normalized spacial score (nSPS) is 11.0. The third-order valence-corrected chi connectivity index (χ3v) is 5.00. The summed E-state index contributed by atoms with van der Waals surface area (Å²) in [5.41, 5.74) is 2.93. The summed E-state index contributed by atoms with van der Waals surface area (Å²) in [7, 11) is 0. The van der Waals surface area contributed by atoms with Crippen molar-refractivity contribution in [2.45, 2.75) is 10.8 Å². The Morgan fingerprint density at radius 3 is 2.50 bits per heavy atom. The molecule has 5 nitrogen and oxygen atoms in total. The van der Waals surface area contributed by atoms with Gasteiger partial charge in [0.2, 0.25) is 0 Å². The standard InChI is InChI=1S/C17H12BrN5S/c18-14-3-1-12(2-4-14)11-24-16-6-5-15-20-21-17(23(15)22-16)13-7-9-19-10-8-13/h1-10H,11H2. The zero-order valence-corrected chi connectivity index (χ0v) is 14.9. The topological polar surface area (TPSA) is 56.0 Å². The molecule has 4 rings (SSSR count). The molecular formula is C17H12BrN5S. The molecule has 118 valence electrons. The summed E-state index contributed by atoms with van der Waals surface area (Å²) in [5.74, 6) is 1.58. The minimum Gasteiger partial charge on any atom is -0.265 e. The smallest absolute Gasteiger partial charge is 0.185 e. The molecule has 3 aromatic heterocycles. The van der Waals surface area contributed by atoms with Gasteiger partial charge in [0.1, 0.15) is 5.03 Å². The van der Waals surface area contributed by atoms with Gasteiger partial charge in [-0.2, -0.15) is 9.61 Å². The van der Waals surface area contributed by atoms with Crippen LogP contribution in [-0.2, 0) is 5.75 Å². The van der Waals surface area contributed by atoms with Crippen molar-refractivity contribution >= 4 is 33.3 Å². The molecule has 0 atom stereocenters. The molecule has 1 aromatic carbocycles. The first-order valence-corrected chi connectivity index (χ1v) is 9.07. The second kappa shape index (κ2) is 6.70. The molecule has 0 unspecified atom stereocenters. The van der Waals surface area contributed by atoms with Gasteiger partial charge in [-0.3, -0.25) is 4.98 Å². The Morgan fingerprint density at radius 1 is 0.917 bits per heavy atom. The third-order valence-electron chi connectivity index (χ3n) is 3.48. The van der Waals surface area contributed by atoms with E-state index in [1.165, 1.54) is 5.56 Å². The highest BCUT2D eigenvalue weighted by molar-refractivity contribution is 9.10. The number of benzene rings is 1. The van der Waals surface area contributed by atoms with Crippen LogP contribution in [0.4, 0.5) is 0 Å². The number of halogens is 1. The van der Waals surface area contributed by atoms with Gasteiger partial charge in [-0.15, -0.1) is 10.2 Å². The molecule has 24 heavy (non-hydrogen) atoms. The SMILES string of the molecule is Brc1ccc(CSc2ccc3nnc(-c4ccncc4)n3n2)cc1. The summed E-state index contributed by atoms with van der Waals surface area (Å²) < 4.78 is 2.86. The van der Waals surface area contributed by atoms with E-state index in [1.807, 2.05) is 36.4 Å². The molecule has 0 bridgehead atoms. The molecule has 0 saturated carbocycles. The number of thioether (sulfide) groups is 1. The predicted octanol–water partition coefficient (Wildman–Crippen LogP) is 4.24. The van der Waals surface area contributed by atoms with Crippen molar-refractivity contribution in [3.8, 4) is 11.4 Å². The summed E-state index contributed by atoms with van der Waals surface area (Å²) in [6.45, 7) is 0. The summed E-state index contributed by atoms with van der Waals surface area (Å²) in [4.78, 5) is 4.04. The number of pyridine rings is 1. The average Bonchev–Trinajstić information content (AvgIpc) is 3.05. The summed E-state index contributed by atoms with van der Waals surface area (Å²) in [5, 5.41) is 14.0. The molecule has 0 radical (unpaired) electrons. The van der Waals surface area contributed by atoms with Crippen LogP contribution < -0.4 is 0 Å². The lowest BCUT2D eigenvalue weighted by atomic mass is 10.2. The number of aromatic nitrogens is 5. The zero-order chi connectivity index (χ0) is 16.4. The second-order valence-corrected chi connectivity index (χ2v) is 7.03. The fraction of sp³-hybridized carbons (Fsp3) is 0.0588. The molecule has 4 aromatic rings. The molecule has 7 heteroatoms. The van der Waals surface area contributed by atoms with Crippen molar-refractivity contribution in [1.82, 2.24) is 24.8 Å². The molecular weight excluding hydrogens is 386 g/mol. The van der Waals surface area contributed by atoms with Gasteiger partial charge in [0.25, 0.3) is 0 Å². The van der Waals surface area contributed by atoms with E-state index in [-0.39, 0.29) is 0 Å². The van der Waals surface area contributed by atoms with Crippen molar-refractivity contribution in [2.24, 2.45) is 0 Å². The first kappa shape index (κ1) is 15.3. The van der Waals surface area contributed by atoms with E-state index in [0.29, 0.717) is 0 Å². The van der Waals surface area contributed by atoms with Crippen molar-refractivity contribution in [1.29, 1.82) is 0 Å². The van der Waals surface area contributed by atoms with Crippen molar-refractivity contribution in [2.75, 3.05) is 0 Å². The van der Waals surface area contributed by atoms with Gasteiger partial charge in [-0.1, -0.05) is 39.8 Å². The van der Waals surface area contributed by atoms with Crippen molar-refractivity contribution in [3.05, 3.63) is 71.0 Å². The van der Waals surface area contributed by atoms with E-state index in [0.717, 1.165) is 32.3 Å². The summed E-state index contributed by atoms with van der Waals surface area (Å²) in [6, 6.07) is 16.0. The number of fused-ring (bicyclic) bond motifs is 1. The highest BCUT2D eigenvalue weighted by Crippen LogP contribution is 2.23. The van der Waals surface area contributed by atoms with Gasteiger partial charge in [0.05, 0.1) is 0 Å². The van der Waals surface area contributed by atoms with E-state index in [1.54, 1.807) is 28.7 Å². The van der Waals surface area contributed by atoms with Crippen LogP contribution in [0.25, 0.3) is 17.0 Å². The minimum atomic E-state index is 0.721. The van der Waals surface area contributed by atoms with Crippen LogP contribution in [-0.4, -0.2) is 24.8 Å².